The monoisotopic (exact) mass is 307 g/mol. The summed E-state index contributed by atoms with van der Waals surface area (Å²) in [5.41, 5.74) is 4.02. The van der Waals surface area contributed by atoms with E-state index < -0.39 is 0 Å². The number of imidazole rings is 1. The maximum absolute atomic E-state index is 4.68. The van der Waals surface area contributed by atoms with E-state index in [1.165, 1.54) is 5.56 Å². The highest BCUT2D eigenvalue weighted by molar-refractivity contribution is 5.48. The minimum absolute atomic E-state index is 0.754. The number of hydrogen-bond acceptors (Lipinski definition) is 5. The fourth-order valence-corrected chi connectivity index (χ4v) is 2.63. The molecule has 1 N–H and O–H groups in total. The van der Waals surface area contributed by atoms with Crippen molar-refractivity contribution in [3.05, 3.63) is 53.7 Å². The Bertz CT molecular complexity index is 981. The van der Waals surface area contributed by atoms with Gasteiger partial charge >= 0.3 is 0 Å². The zero-order chi connectivity index (χ0) is 15.8. The summed E-state index contributed by atoms with van der Waals surface area (Å²) in [6, 6.07) is 7.93. The van der Waals surface area contributed by atoms with E-state index in [1.807, 2.05) is 31.3 Å². The SMILES string of the molecule is Cc1cccn2cc(CCNc3ccc4nnc(C)n4n3)nc12. The predicted molar refractivity (Wildman–Crippen MR) is 87.6 cm³/mol. The van der Waals surface area contributed by atoms with E-state index in [-0.39, 0.29) is 0 Å². The second-order valence-electron chi connectivity index (χ2n) is 5.57. The van der Waals surface area contributed by atoms with E-state index in [4.69, 9.17) is 0 Å². The van der Waals surface area contributed by atoms with E-state index in [2.05, 4.69) is 49.2 Å². The average Bonchev–Trinajstić information content (AvgIpc) is 3.12. The average molecular weight is 307 g/mol. The van der Waals surface area contributed by atoms with Crippen molar-refractivity contribution < 1.29 is 0 Å². The Morgan fingerprint density at radius 3 is 2.91 bits per heavy atom. The molecule has 4 heterocycles. The molecular weight excluding hydrogens is 290 g/mol. The van der Waals surface area contributed by atoms with Crippen LogP contribution in [-0.4, -0.2) is 35.7 Å². The quantitative estimate of drug-likeness (QED) is 0.624. The molecule has 0 saturated carbocycles. The van der Waals surface area contributed by atoms with Gasteiger partial charge < -0.3 is 9.72 Å². The highest BCUT2D eigenvalue weighted by Gasteiger charge is 2.05. The molecule has 0 spiro atoms. The van der Waals surface area contributed by atoms with Gasteiger partial charge in [-0.15, -0.1) is 15.3 Å². The molecule has 0 atom stereocenters. The van der Waals surface area contributed by atoms with Crippen LogP contribution in [0.3, 0.4) is 0 Å². The third-order valence-electron chi connectivity index (χ3n) is 3.83. The Kier molecular flexibility index (Phi) is 3.18. The van der Waals surface area contributed by atoms with Crippen LogP contribution >= 0.6 is 0 Å². The van der Waals surface area contributed by atoms with Crippen molar-refractivity contribution in [3.8, 4) is 0 Å². The van der Waals surface area contributed by atoms with Gasteiger partial charge in [0.05, 0.1) is 5.69 Å². The van der Waals surface area contributed by atoms with E-state index in [0.717, 1.165) is 41.6 Å². The topological polar surface area (TPSA) is 72.4 Å². The summed E-state index contributed by atoms with van der Waals surface area (Å²) in [6.45, 7) is 4.73. The summed E-state index contributed by atoms with van der Waals surface area (Å²) in [5, 5.41) is 15.8. The maximum atomic E-state index is 4.68. The molecule has 4 aromatic heterocycles. The third kappa shape index (κ3) is 2.50. The molecule has 0 aliphatic rings. The van der Waals surface area contributed by atoms with Crippen LogP contribution in [0.15, 0.2) is 36.7 Å². The normalized spacial score (nSPS) is 11.4. The molecule has 4 rings (SSSR count). The van der Waals surface area contributed by atoms with Crippen LogP contribution in [0.5, 0.6) is 0 Å². The maximum Gasteiger partial charge on any atom is 0.178 e. The fraction of sp³-hybridized carbons (Fsp3) is 0.250. The van der Waals surface area contributed by atoms with Crippen LogP contribution in [-0.2, 0) is 6.42 Å². The fourth-order valence-electron chi connectivity index (χ4n) is 2.63. The molecule has 0 fully saturated rings. The van der Waals surface area contributed by atoms with Crippen LogP contribution in [0.1, 0.15) is 17.1 Å². The molecule has 0 bridgehead atoms. The van der Waals surface area contributed by atoms with Gasteiger partial charge in [-0.3, -0.25) is 0 Å². The van der Waals surface area contributed by atoms with Gasteiger partial charge in [0.1, 0.15) is 11.5 Å². The molecular formula is C16H17N7. The standard InChI is InChI=1S/C16H17N7/c1-11-4-3-9-22-10-13(18-16(11)22)7-8-17-14-5-6-15-20-19-12(2)23(15)21-14/h3-6,9-10H,7-8H2,1-2H3,(H,17,21). The Hall–Kier alpha value is -2.96. The van der Waals surface area contributed by atoms with Crippen molar-refractivity contribution in [3.63, 3.8) is 0 Å². The highest BCUT2D eigenvalue weighted by Crippen LogP contribution is 2.11. The number of rotatable bonds is 4. The van der Waals surface area contributed by atoms with Crippen molar-refractivity contribution in [2.45, 2.75) is 20.3 Å². The Balaban J connectivity index is 1.47. The lowest BCUT2D eigenvalue weighted by Crippen LogP contribution is -2.08. The van der Waals surface area contributed by atoms with Gasteiger partial charge in [-0.1, -0.05) is 6.07 Å². The number of pyridine rings is 1. The van der Waals surface area contributed by atoms with Gasteiger partial charge in [-0.25, -0.2) is 4.98 Å². The van der Waals surface area contributed by atoms with E-state index in [9.17, 15) is 0 Å². The molecule has 23 heavy (non-hydrogen) atoms. The summed E-state index contributed by atoms with van der Waals surface area (Å²) >= 11 is 0. The first-order chi connectivity index (χ1) is 11.2. The predicted octanol–water partition coefficient (Wildman–Crippen LogP) is 2.04. The number of fused-ring (bicyclic) bond motifs is 2. The number of aromatic nitrogens is 6. The van der Waals surface area contributed by atoms with Crippen molar-refractivity contribution >= 4 is 17.1 Å². The van der Waals surface area contributed by atoms with Gasteiger partial charge in [0.25, 0.3) is 0 Å². The molecule has 7 heteroatoms. The van der Waals surface area contributed by atoms with Crippen LogP contribution < -0.4 is 5.32 Å². The second-order valence-corrected chi connectivity index (χ2v) is 5.57. The molecule has 4 aromatic rings. The van der Waals surface area contributed by atoms with E-state index in [0.29, 0.717) is 0 Å². The Labute approximate surface area is 133 Å². The van der Waals surface area contributed by atoms with Gasteiger partial charge in [-0.05, 0) is 37.6 Å². The van der Waals surface area contributed by atoms with E-state index >= 15 is 0 Å². The van der Waals surface area contributed by atoms with Crippen molar-refractivity contribution in [2.24, 2.45) is 0 Å². The number of anilines is 1. The first kappa shape index (κ1) is 13.7. The van der Waals surface area contributed by atoms with Gasteiger partial charge in [0, 0.05) is 25.4 Å². The summed E-state index contributed by atoms with van der Waals surface area (Å²) < 4.78 is 3.80. The minimum Gasteiger partial charge on any atom is -0.368 e. The molecule has 0 aliphatic heterocycles. The largest absolute Gasteiger partial charge is 0.368 e. The van der Waals surface area contributed by atoms with Crippen molar-refractivity contribution in [1.82, 2.24) is 29.2 Å². The summed E-state index contributed by atoms with van der Waals surface area (Å²) in [5.74, 6) is 1.58. The van der Waals surface area contributed by atoms with Crippen LogP contribution in [0.25, 0.3) is 11.3 Å². The number of hydrogen-bond donors (Lipinski definition) is 1. The first-order valence-electron chi connectivity index (χ1n) is 7.57. The molecule has 0 unspecified atom stereocenters. The summed E-state index contributed by atoms with van der Waals surface area (Å²) in [7, 11) is 0. The van der Waals surface area contributed by atoms with Gasteiger partial charge in [0.2, 0.25) is 0 Å². The molecule has 0 radical (unpaired) electrons. The van der Waals surface area contributed by atoms with Gasteiger partial charge in [-0.2, -0.15) is 4.52 Å². The summed E-state index contributed by atoms with van der Waals surface area (Å²) in [4.78, 5) is 4.68. The van der Waals surface area contributed by atoms with E-state index in [1.54, 1.807) is 4.52 Å². The molecule has 116 valence electrons. The lowest BCUT2D eigenvalue weighted by molar-refractivity contribution is 0.865. The lowest BCUT2D eigenvalue weighted by atomic mass is 10.3. The third-order valence-corrected chi connectivity index (χ3v) is 3.83. The molecule has 0 aliphatic carbocycles. The second kappa shape index (κ2) is 5.35. The molecule has 0 saturated heterocycles. The Morgan fingerprint density at radius 1 is 1.13 bits per heavy atom. The number of nitrogens with one attached hydrogen (secondary N) is 1. The molecule has 7 nitrogen and oxygen atoms in total. The van der Waals surface area contributed by atoms with Crippen LogP contribution in [0, 0.1) is 13.8 Å². The molecule has 0 amide bonds. The minimum atomic E-state index is 0.754. The highest BCUT2D eigenvalue weighted by atomic mass is 15.4. The van der Waals surface area contributed by atoms with Crippen molar-refractivity contribution in [2.75, 3.05) is 11.9 Å². The van der Waals surface area contributed by atoms with Gasteiger partial charge in [0.15, 0.2) is 11.5 Å². The Morgan fingerprint density at radius 2 is 2.04 bits per heavy atom. The lowest BCUT2D eigenvalue weighted by Gasteiger charge is -2.04. The zero-order valence-electron chi connectivity index (χ0n) is 13.1. The first-order valence-corrected chi connectivity index (χ1v) is 7.57. The zero-order valence-corrected chi connectivity index (χ0v) is 13.1. The van der Waals surface area contributed by atoms with Crippen LogP contribution in [0.2, 0.25) is 0 Å². The summed E-state index contributed by atoms with van der Waals surface area (Å²) in [6.07, 6.45) is 4.93. The number of aryl methyl sites for hydroxylation is 2. The smallest absolute Gasteiger partial charge is 0.178 e. The van der Waals surface area contributed by atoms with Crippen molar-refractivity contribution in [1.29, 1.82) is 0 Å². The molecule has 0 aromatic carbocycles. The van der Waals surface area contributed by atoms with Crippen LogP contribution in [0.4, 0.5) is 5.82 Å². The number of nitrogens with zero attached hydrogens (tertiary/aromatic N) is 6.